The number of nitrogens with zero attached hydrogens (tertiary/aromatic N) is 1. The topological polar surface area (TPSA) is 73.6 Å². The quantitative estimate of drug-likeness (QED) is 0.351. The van der Waals surface area contributed by atoms with E-state index in [0.717, 1.165) is 21.9 Å². The smallest absolute Gasteiger partial charge is 0.293 e. The molecule has 6 nitrogen and oxygen atoms in total. The van der Waals surface area contributed by atoms with Gasteiger partial charge in [-0.25, -0.2) is 9.37 Å². The van der Waals surface area contributed by atoms with Crippen LogP contribution in [0.1, 0.15) is 28.1 Å². The normalized spacial score (nSPS) is 10.7. The number of carbonyl (C=O) groups is 1. The van der Waals surface area contributed by atoms with Crippen LogP contribution >= 0.6 is 11.3 Å². The Morgan fingerprint density at radius 3 is 2.44 bits per heavy atom. The van der Waals surface area contributed by atoms with E-state index in [1.54, 1.807) is 12.1 Å². The Hall–Kier alpha value is -3.65. The fourth-order valence-corrected chi connectivity index (χ4v) is 3.85. The van der Waals surface area contributed by atoms with Crippen LogP contribution in [0.15, 0.2) is 65.1 Å². The lowest BCUT2D eigenvalue weighted by Gasteiger charge is -2.04. The maximum absolute atomic E-state index is 13.0. The SMILES string of the molecule is CCOc1ccc(-c2nc(NC(=O)c3ccc(COc4ccc(F)cc4)o3)sc2C)cc1. The Balaban J connectivity index is 1.39. The van der Waals surface area contributed by atoms with Crippen LogP contribution in [0, 0.1) is 12.7 Å². The highest BCUT2D eigenvalue weighted by atomic mass is 32.1. The molecule has 0 bridgehead atoms. The van der Waals surface area contributed by atoms with Crippen molar-refractivity contribution in [2.45, 2.75) is 20.5 Å². The van der Waals surface area contributed by atoms with Crippen molar-refractivity contribution < 1.29 is 23.1 Å². The second-order valence-electron chi connectivity index (χ2n) is 6.84. The number of carbonyl (C=O) groups excluding carboxylic acids is 1. The molecule has 32 heavy (non-hydrogen) atoms. The minimum atomic E-state index is -0.398. The maximum atomic E-state index is 13.0. The molecule has 0 saturated carbocycles. The van der Waals surface area contributed by atoms with Gasteiger partial charge in [0, 0.05) is 10.4 Å². The molecule has 164 valence electrons. The first-order valence-electron chi connectivity index (χ1n) is 10.0. The molecule has 2 aromatic carbocycles. The second-order valence-corrected chi connectivity index (χ2v) is 8.05. The third-order valence-corrected chi connectivity index (χ3v) is 5.42. The van der Waals surface area contributed by atoms with Gasteiger partial charge in [0.25, 0.3) is 5.91 Å². The fraction of sp³-hybridized carbons (Fsp3) is 0.167. The summed E-state index contributed by atoms with van der Waals surface area (Å²) in [5, 5.41) is 3.27. The molecule has 0 atom stereocenters. The van der Waals surface area contributed by atoms with Crippen LogP contribution in [0.3, 0.4) is 0 Å². The standard InChI is InChI=1S/C24H21FN2O4S/c1-3-29-18-8-4-16(5-9-18)22-15(2)32-24(26-22)27-23(28)21-13-12-20(31-21)14-30-19-10-6-17(25)7-11-19/h4-13H,3,14H2,1-2H3,(H,26,27,28). The van der Waals surface area contributed by atoms with Crippen LogP contribution < -0.4 is 14.8 Å². The Kier molecular flexibility index (Phi) is 6.51. The third-order valence-electron chi connectivity index (χ3n) is 4.54. The van der Waals surface area contributed by atoms with E-state index in [2.05, 4.69) is 10.3 Å². The summed E-state index contributed by atoms with van der Waals surface area (Å²) < 4.78 is 29.5. The number of furan rings is 1. The van der Waals surface area contributed by atoms with Gasteiger partial charge in [-0.05, 0) is 74.5 Å². The number of hydrogen-bond acceptors (Lipinski definition) is 6. The van der Waals surface area contributed by atoms with Crippen molar-refractivity contribution in [3.63, 3.8) is 0 Å². The summed E-state index contributed by atoms with van der Waals surface area (Å²) >= 11 is 1.39. The lowest BCUT2D eigenvalue weighted by atomic mass is 10.1. The fourth-order valence-electron chi connectivity index (χ4n) is 3.01. The van der Waals surface area contributed by atoms with Crippen LogP contribution in [0.25, 0.3) is 11.3 Å². The van der Waals surface area contributed by atoms with Crippen LogP contribution in [0.4, 0.5) is 9.52 Å². The van der Waals surface area contributed by atoms with Gasteiger partial charge >= 0.3 is 0 Å². The van der Waals surface area contributed by atoms with Crippen molar-refractivity contribution >= 4 is 22.4 Å². The van der Waals surface area contributed by atoms with Crippen molar-refractivity contribution in [3.05, 3.63) is 82.9 Å². The van der Waals surface area contributed by atoms with Crippen LogP contribution in [-0.4, -0.2) is 17.5 Å². The zero-order chi connectivity index (χ0) is 22.5. The Labute approximate surface area is 188 Å². The van der Waals surface area contributed by atoms with Gasteiger partial charge in [0.2, 0.25) is 0 Å². The minimum Gasteiger partial charge on any atom is -0.494 e. The molecule has 0 aliphatic heterocycles. The zero-order valence-corrected chi connectivity index (χ0v) is 18.4. The van der Waals surface area contributed by atoms with Crippen molar-refractivity contribution in [3.8, 4) is 22.8 Å². The number of hydrogen-bond donors (Lipinski definition) is 1. The number of anilines is 1. The molecule has 8 heteroatoms. The predicted octanol–water partition coefficient (Wildman–Crippen LogP) is 6.08. The monoisotopic (exact) mass is 452 g/mol. The number of rotatable bonds is 8. The largest absolute Gasteiger partial charge is 0.494 e. The Morgan fingerprint density at radius 1 is 1.03 bits per heavy atom. The van der Waals surface area contributed by atoms with Crippen LogP contribution in [0.2, 0.25) is 0 Å². The van der Waals surface area contributed by atoms with Crippen molar-refractivity contribution in [2.24, 2.45) is 0 Å². The number of amides is 1. The lowest BCUT2D eigenvalue weighted by Crippen LogP contribution is -2.10. The van der Waals surface area contributed by atoms with Gasteiger partial charge in [-0.3, -0.25) is 10.1 Å². The van der Waals surface area contributed by atoms with Crippen molar-refractivity contribution in [1.82, 2.24) is 4.98 Å². The highest BCUT2D eigenvalue weighted by Gasteiger charge is 2.16. The molecule has 0 aliphatic rings. The summed E-state index contributed by atoms with van der Waals surface area (Å²) in [5.74, 6) is 1.20. The molecule has 1 N–H and O–H groups in total. The van der Waals surface area contributed by atoms with E-state index < -0.39 is 5.91 Å². The van der Waals surface area contributed by atoms with E-state index >= 15 is 0 Å². The molecule has 2 heterocycles. The van der Waals surface area contributed by atoms with Gasteiger partial charge in [0.05, 0.1) is 12.3 Å². The molecule has 0 spiro atoms. The molecule has 4 aromatic rings. The molecule has 2 aromatic heterocycles. The number of nitrogens with one attached hydrogen (secondary N) is 1. The molecule has 0 aliphatic carbocycles. The average Bonchev–Trinajstić information content (AvgIpc) is 3.41. The van der Waals surface area contributed by atoms with E-state index in [4.69, 9.17) is 13.9 Å². The number of halogens is 1. The second kappa shape index (κ2) is 9.65. The predicted molar refractivity (Wildman–Crippen MR) is 121 cm³/mol. The third kappa shape index (κ3) is 5.15. The van der Waals surface area contributed by atoms with Gasteiger partial charge in [-0.1, -0.05) is 0 Å². The summed E-state index contributed by atoms with van der Waals surface area (Å²) in [6, 6.07) is 16.6. The number of aromatic nitrogens is 1. The summed E-state index contributed by atoms with van der Waals surface area (Å²) in [4.78, 5) is 18.1. The minimum absolute atomic E-state index is 0.122. The van der Waals surface area contributed by atoms with Gasteiger partial charge in [-0.15, -0.1) is 11.3 Å². The van der Waals surface area contributed by atoms with E-state index in [0.29, 0.717) is 23.2 Å². The zero-order valence-electron chi connectivity index (χ0n) is 17.6. The first-order valence-corrected chi connectivity index (χ1v) is 10.8. The van der Waals surface area contributed by atoms with Gasteiger partial charge in [0.15, 0.2) is 10.9 Å². The first-order chi connectivity index (χ1) is 15.5. The average molecular weight is 453 g/mol. The highest BCUT2D eigenvalue weighted by molar-refractivity contribution is 7.16. The van der Waals surface area contributed by atoms with Crippen molar-refractivity contribution in [2.75, 3.05) is 11.9 Å². The van der Waals surface area contributed by atoms with E-state index in [1.165, 1.54) is 35.6 Å². The van der Waals surface area contributed by atoms with E-state index in [9.17, 15) is 9.18 Å². The van der Waals surface area contributed by atoms with Crippen LogP contribution in [-0.2, 0) is 6.61 Å². The summed E-state index contributed by atoms with van der Waals surface area (Å²) in [5.41, 5.74) is 1.75. The molecular weight excluding hydrogens is 431 g/mol. The molecule has 4 rings (SSSR count). The van der Waals surface area contributed by atoms with E-state index in [1.807, 2.05) is 38.1 Å². The molecular formula is C24H21FN2O4S. The number of aryl methyl sites for hydroxylation is 1. The Morgan fingerprint density at radius 2 is 1.72 bits per heavy atom. The summed E-state index contributed by atoms with van der Waals surface area (Å²) in [6.07, 6.45) is 0. The lowest BCUT2D eigenvalue weighted by molar-refractivity contribution is 0.0992. The maximum Gasteiger partial charge on any atom is 0.293 e. The molecule has 0 radical (unpaired) electrons. The highest BCUT2D eigenvalue weighted by Crippen LogP contribution is 2.31. The molecule has 0 saturated heterocycles. The number of ether oxygens (including phenoxy) is 2. The van der Waals surface area contributed by atoms with Gasteiger partial charge in [0.1, 0.15) is 29.7 Å². The number of thiazole rings is 1. The summed E-state index contributed by atoms with van der Waals surface area (Å²) in [7, 11) is 0. The first kappa shape index (κ1) is 21.6. The van der Waals surface area contributed by atoms with Gasteiger partial charge < -0.3 is 13.9 Å². The van der Waals surface area contributed by atoms with Gasteiger partial charge in [-0.2, -0.15) is 0 Å². The van der Waals surface area contributed by atoms with Crippen LogP contribution in [0.5, 0.6) is 11.5 Å². The van der Waals surface area contributed by atoms with Crippen molar-refractivity contribution in [1.29, 1.82) is 0 Å². The number of benzene rings is 2. The molecule has 1 amide bonds. The Bertz CT molecular complexity index is 1200. The summed E-state index contributed by atoms with van der Waals surface area (Å²) in [6.45, 7) is 4.63. The molecule has 0 fully saturated rings. The van der Waals surface area contributed by atoms with E-state index in [-0.39, 0.29) is 18.2 Å². The molecule has 0 unspecified atom stereocenters.